The van der Waals surface area contributed by atoms with Crippen molar-refractivity contribution in [3.05, 3.63) is 52.8 Å². The molecule has 1 aromatic carbocycles. The number of amides is 1. The highest BCUT2D eigenvalue weighted by molar-refractivity contribution is 6.01. The maximum Gasteiger partial charge on any atom is 0.253 e. The minimum atomic E-state index is -0.0126. The molecule has 0 saturated carbocycles. The van der Waals surface area contributed by atoms with E-state index in [9.17, 15) is 4.79 Å². The summed E-state index contributed by atoms with van der Waals surface area (Å²) in [7, 11) is 3.74. The first-order valence-electron chi connectivity index (χ1n) is 10.3. The molecule has 3 aromatic rings. The fourth-order valence-corrected chi connectivity index (χ4v) is 5.23. The molecule has 0 radical (unpaired) electrons. The lowest BCUT2D eigenvalue weighted by Gasteiger charge is -2.46. The molecule has 30 heavy (non-hydrogen) atoms. The highest BCUT2D eigenvalue weighted by atomic mass is 16.5. The monoisotopic (exact) mass is 401 g/mol. The molecule has 152 valence electrons. The van der Waals surface area contributed by atoms with Gasteiger partial charge < -0.3 is 19.9 Å². The number of nitrogens with zero attached hydrogens (tertiary/aromatic N) is 3. The summed E-state index contributed by atoms with van der Waals surface area (Å²) in [5.74, 6) is 1.54. The Hall–Kier alpha value is -3.19. The number of benzene rings is 1. The van der Waals surface area contributed by atoms with Crippen LogP contribution in [0, 0.1) is 0 Å². The summed E-state index contributed by atoms with van der Waals surface area (Å²) in [6, 6.07) is 7.79. The van der Waals surface area contributed by atoms with Crippen LogP contribution in [0.1, 0.15) is 27.2 Å². The Kier molecular flexibility index (Phi) is 3.62. The van der Waals surface area contributed by atoms with Gasteiger partial charge in [0, 0.05) is 44.1 Å². The second-order valence-electron chi connectivity index (χ2n) is 8.47. The van der Waals surface area contributed by atoms with E-state index in [4.69, 9.17) is 9.72 Å². The molecule has 0 unspecified atom stereocenters. The lowest BCUT2D eigenvalue weighted by atomic mass is 9.74. The molecule has 0 atom stereocenters. The van der Waals surface area contributed by atoms with Crippen molar-refractivity contribution in [1.82, 2.24) is 25.2 Å². The Morgan fingerprint density at radius 1 is 1.13 bits per heavy atom. The first kappa shape index (κ1) is 17.7. The second kappa shape index (κ2) is 6.15. The summed E-state index contributed by atoms with van der Waals surface area (Å²) in [4.78, 5) is 22.5. The zero-order valence-corrected chi connectivity index (χ0v) is 17.1. The molecule has 6 rings (SSSR count). The highest BCUT2D eigenvalue weighted by Crippen LogP contribution is 2.44. The number of aryl methyl sites for hydroxylation is 1. The largest absolute Gasteiger partial charge is 0.497 e. The van der Waals surface area contributed by atoms with Gasteiger partial charge in [0.15, 0.2) is 5.82 Å². The summed E-state index contributed by atoms with van der Waals surface area (Å²) < 4.78 is 7.49. The van der Waals surface area contributed by atoms with E-state index in [0.717, 1.165) is 71.0 Å². The smallest absolute Gasteiger partial charge is 0.253 e. The third-order valence-corrected chi connectivity index (χ3v) is 6.82. The van der Waals surface area contributed by atoms with Crippen molar-refractivity contribution >= 4 is 5.91 Å². The molecular formula is C23H23N5O2. The van der Waals surface area contributed by atoms with Crippen LogP contribution < -0.4 is 15.4 Å². The van der Waals surface area contributed by atoms with Crippen LogP contribution >= 0.6 is 0 Å². The van der Waals surface area contributed by atoms with E-state index < -0.39 is 0 Å². The van der Waals surface area contributed by atoms with E-state index >= 15 is 0 Å². The molecule has 1 spiro atoms. The maximum atomic E-state index is 12.9. The molecule has 1 amide bonds. The van der Waals surface area contributed by atoms with E-state index in [1.165, 1.54) is 0 Å². The average Bonchev–Trinajstić information content (AvgIpc) is 3.07. The number of fused-ring (bicyclic) bond motifs is 6. The van der Waals surface area contributed by atoms with Crippen LogP contribution in [0.3, 0.4) is 0 Å². The number of aromatic nitrogens is 3. The lowest BCUT2D eigenvalue weighted by Crippen LogP contribution is -2.65. The van der Waals surface area contributed by atoms with Gasteiger partial charge in [0.2, 0.25) is 0 Å². The van der Waals surface area contributed by atoms with Gasteiger partial charge in [0.05, 0.1) is 29.5 Å². The summed E-state index contributed by atoms with van der Waals surface area (Å²) in [5.41, 5.74) is 7.25. The van der Waals surface area contributed by atoms with Crippen molar-refractivity contribution in [3.8, 4) is 28.5 Å². The summed E-state index contributed by atoms with van der Waals surface area (Å²) in [6.45, 7) is 2.48. The van der Waals surface area contributed by atoms with Crippen molar-refractivity contribution in [2.24, 2.45) is 7.05 Å². The number of ether oxygens (including phenoxy) is 1. The Labute approximate surface area is 174 Å². The molecule has 0 bridgehead atoms. The van der Waals surface area contributed by atoms with Gasteiger partial charge >= 0.3 is 0 Å². The fraction of sp³-hybridized carbons (Fsp3) is 0.348. The van der Waals surface area contributed by atoms with Gasteiger partial charge in [-0.2, -0.15) is 0 Å². The molecule has 1 fully saturated rings. The minimum absolute atomic E-state index is 0.0126. The first-order chi connectivity index (χ1) is 14.6. The van der Waals surface area contributed by atoms with Crippen LogP contribution in [0.5, 0.6) is 5.75 Å². The predicted octanol–water partition coefficient (Wildman–Crippen LogP) is 1.84. The Balaban J connectivity index is 1.54. The Morgan fingerprint density at radius 2 is 1.93 bits per heavy atom. The Bertz CT molecular complexity index is 1190. The van der Waals surface area contributed by atoms with Crippen LogP contribution in [0.25, 0.3) is 22.8 Å². The summed E-state index contributed by atoms with van der Waals surface area (Å²) in [5, 5.41) is 6.52. The zero-order valence-electron chi connectivity index (χ0n) is 17.1. The topological polar surface area (TPSA) is 81.1 Å². The molecule has 2 N–H and O–H groups in total. The number of methoxy groups -OCH3 is 1. The van der Waals surface area contributed by atoms with Crippen molar-refractivity contribution in [3.63, 3.8) is 0 Å². The van der Waals surface area contributed by atoms with Gasteiger partial charge in [0.25, 0.3) is 5.91 Å². The zero-order chi connectivity index (χ0) is 20.5. The van der Waals surface area contributed by atoms with Gasteiger partial charge in [-0.25, -0.2) is 9.97 Å². The van der Waals surface area contributed by atoms with Crippen molar-refractivity contribution < 1.29 is 9.53 Å². The standard InChI is InChI=1S/C23H23N5O2/c1-28-19-16(17-20(28)23(10-24-11-23)12-26-22(17)29)8-5-14-9-25-21(27-18(14)19)13-3-6-15(30-2)7-4-13/h3-4,6-7,9,24H,5,8,10-12H2,1-2H3,(H,26,29). The number of rotatable bonds is 2. The minimum Gasteiger partial charge on any atom is -0.497 e. The van der Waals surface area contributed by atoms with Gasteiger partial charge in [-0.05, 0) is 48.2 Å². The number of carbonyl (C=O) groups excluding carboxylic acids is 1. The number of carbonyl (C=O) groups is 1. The number of nitrogens with one attached hydrogen (secondary N) is 2. The Morgan fingerprint density at radius 3 is 2.63 bits per heavy atom. The third-order valence-electron chi connectivity index (χ3n) is 6.82. The quantitative estimate of drug-likeness (QED) is 0.685. The van der Waals surface area contributed by atoms with E-state index in [0.29, 0.717) is 12.4 Å². The van der Waals surface area contributed by atoms with Crippen molar-refractivity contribution in [1.29, 1.82) is 0 Å². The van der Waals surface area contributed by atoms with Crippen LogP contribution in [0.15, 0.2) is 30.5 Å². The van der Waals surface area contributed by atoms with Crippen molar-refractivity contribution in [2.45, 2.75) is 18.3 Å². The third kappa shape index (κ3) is 2.26. The molecular weight excluding hydrogens is 378 g/mol. The van der Waals surface area contributed by atoms with Crippen LogP contribution in [-0.2, 0) is 25.3 Å². The lowest BCUT2D eigenvalue weighted by molar-refractivity contribution is 0.0902. The van der Waals surface area contributed by atoms with Gasteiger partial charge in [-0.3, -0.25) is 4.79 Å². The molecule has 3 aliphatic rings. The van der Waals surface area contributed by atoms with Crippen LogP contribution in [-0.4, -0.2) is 47.2 Å². The molecule has 2 aliphatic heterocycles. The molecule has 1 aliphatic carbocycles. The summed E-state index contributed by atoms with van der Waals surface area (Å²) in [6.07, 6.45) is 3.63. The SMILES string of the molecule is COc1ccc(-c2ncc3c(n2)-c2c(c4c(n2C)C2(CNC2)CNC4=O)CC3)cc1. The summed E-state index contributed by atoms with van der Waals surface area (Å²) >= 11 is 0. The van der Waals surface area contributed by atoms with Gasteiger partial charge in [-0.1, -0.05) is 0 Å². The molecule has 4 heterocycles. The fourth-order valence-electron chi connectivity index (χ4n) is 5.23. The van der Waals surface area contributed by atoms with Gasteiger partial charge in [0.1, 0.15) is 5.75 Å². The molecule has 1 saturated heterocycles. The normalized spacial score (nSPS) is 18.1. The van der Waals surface area contributed by atoms with E-state index in [1.807, 2.05) is 30.5 Å². The number of hydrogen-bond acceptors (Lipinski definition) is 5. The molecule has 7 nitrogen and oxygen atoms in total. The molecule has 2 aromatic heterocycles. The van der Waals surface area contributed by atoms with E-state index in [-0.39, 0.29) is 11.3 Å². The highest BCUT2D eigenvalue weighted by Gasteiger charge is 2.49. The first-order valence-corrected chi connectivity index (χ1v) is 10.3. The predicted molar refractivity (Wildman–Crippen MR) is 113 cm³/mol. The number of hydrogen-bond donors (Lipinski definition) is 2. The van der Waals surface area contributed by atoms with Gasteiger partial charge in [-0.15, -0.1) is 0 Å². The van der Waals surface area contributed by atoms with Crippen LogP contribution in [0.2, 0.25) is 0 Å². The second-order valence-corrected chi connectivity index (χ2v) is 8.47. The van der Waals surface area contributed by atoms with E-state index in [1.54, 1.807) is 7.11 Å². The molecule has 7 heteroatoms. The maximum absolute atomic E-state index is 12.9. The van der Waals surface area contributed by atoms with Crippen molar-refractivity contribution in [2.75, 3.05) is 26.7 Å². The van der Waals surface area contributed by atoms with Crippen LogP contribution in [0.4, 0.5) is 0 Å². The van der Waals surface area contributed by atoms with E-state index in [2.05, 4.69) is 27.2 Å². The average molecular weight is 401 g/mol.